The Hall–Kier alpha value is -0.570. The number of rotatable bonds is 5. The van der Waals surface area contributed by atoms with Gasteiger partial charge in [0.05, 0.1) is 0 Å². The molecule has 1 N–H and O–H groups in total. The number of hydrogen-bond donors (Lipinski definition) is 1. The first kappa shape index (κ1) is 10.5. The zero-order valence-corrected chi connectivity index (χ0v) is 8.84. The first-order chi connectivity index (χ1) is 6.24. The molecule has 76 valence electrons. The maximum atomic E-state index is 7.97. The van der Waals surface area contributed by atoms with Gasteiger partial charge in [-0.2, -0.15) is 0 Å². The Morgan fingerprint density at radius 3 is 2.31 bits per heavy atom. The van der Waals surface area contributed by atoms with Gasteiger partial charge in [-0.1, -0.05) is 0 Å². The molecular formula is C10H20N2O. The Morgan fingerprint density at radius 2 is 2.00 bits per heavy atom. The number of amidine groups is 1. The number of hydrogen-bond acceptors (Lipinski definition) is 2. The van der Waals surface area contributed by atoms with Crippen molar-refractivity contribution in [3.8, 4) is 0 Å². The molecule has 0 radical (unpaired) electrons. The van der Waals surface area contributed by atoms with Crippen LogP contribution in [0, 0.1) is 11.3 Å². The van der Waals surface area contributed by atoms with Crippen LogP contribution in [0.3, 0.4) is 0 Å². The number of nitrogens with one attached hydrogen (secondary N) is 1. The summed E-state index contributed by atoms with van der Waals surface area (Å²) < 4.78 is 5.35. The van der Waals surface area contributed by atoms with Crippen LogP contribution < -0.4 is 0 Å². The van der Waals surface area contributed by atoms with Crippen molar-refractivity contribution in [2.45, 2.75) is 32.8 Å². The molecule has 0 saturated heterocycles. The molecule has 1 rings (SSSR count). The van der Waals surface area contributed by atoms with Gasteiger partial charge < -0.3 is 9.64 Å². The van der Waals surface area contributed by atoms with Gasteiger partial charge in [0.25, 0.3) is 0 Å². The van der Waals surface area contributed by atoms with Crippen molar-refractivity contribution in [3.05, 3.63) is 0 Å². The van der Waals surface area contributed by atoms with Gasteiger partial charge in [-0.05, 0) is 32.6 Å². The van der Waals surface area contributed by atoms with E-state index in [9.17, 15) is 0 Å². The van der Waals surface area contributed by atoms with Gasteiger partial charge in [0.1, 0.15) is 11.9 Å². The fourth-order valence-corrected chi connectivity index (χ4v) is 1.67. The van der Waals surface area contributed by atoms with E-state index in [0.29, 0.717) is 11.8 Å². The lowest BCUT2D eigenvalue weighted by Crippen LogP contribution is -2.40. The van der Waals surface area contributed by atoms with Crippen LogP contribution >= 0.6 is 0 Å². The van der Waals surface area contributed by atoms with E-state index in [1.807, 2.05) is 0 Å². The van der Waals surface area contributed by atoms with Gasteiger partial charge in [0, 0.05) is 20.2 Å². The molecule has 0 aliphatic heterocycles. The van der Waals surface area contributed by atoms with Crippen molar-refractivity contribution in [3.63, 3.8) is 0 Å². The van der Waals surface area contributed by atoms with E-state index in [4.69, 9.17) is 10.1 Å². The monoisotopic (exact) mass is 184 g/mol. The molecule has 1 fully saturated rings. The van der Waals surface area contributed by atoms with Crippen LogP contribution in [0.2, 0.25) is 0 Å². The summed E-state index contributed by atoms with van der Waals surface area (Å²) in [5, 5.41) is 7.97. The third-order valence-electron chi connectivity index (χ3n) is 2.68. The highest BCUT2D eigenvalue weighted by Gasteiger charge is 2.35. The third-order valence-corrected chi connectivity index (χ3v) is 2.68. The first-order valence-electron chi connectivity index (χ1n) is 5.10. The van der Waals surface area contributed by atoms with E-state index >= 15 is 0 Å². The second kappa shape index (κ2) is 4.61. The first-order valence-corrected chi connectivity index (χ1v) is 5.10. The maximum absolute atomic E-state index is 7.97. The minimum atomic E-state index is 0.0416. The molecule has 0 bridgehead atoms. The number of nitrogens with zero attached hydrogens (tertiary/aromatic N) is 1. The molecule has 0 aromatic rings. The minimum absolute atomic E-state index is 0.0416. The van der Waals surface area contributed by atoms with Crippen molar-refractivity contribution in [1.82, 2.24) is 4.90 Å². The largest absolute Gasteiger partial charge is 0.373 e. The summed E-state index contributed by atoms with van der Waals surface area (Å²) in [6.45, 7) is 5.97. The minimum Gasteiger partial charge on any atom is -0.373 e. The summed E-state index contributed by atoms with van der Waals surface area (Å²) >= 11 is 0. The van der Waals surface area contributed by atoms with E-state index in [0.717, 1.165) is 13.1 Å². The molecular weight excluding hydrogens is 164 g/mol. The van der Waals surface area contributed by atoms with E-state index in [2.05, 4.69) is 18.7 Å². The van der Waals surface area contributed by atoms with Crippen LogP contribution in [-0.2, 0) is 4.74 Å². The molecule has 0 spiro atoms. The summed E-state index contributed by atoms with van der Waals surface area (Å²) in [6, 6.07) is 0. The zero-order chi connectivity index (χ0) is 9.84. The van der Waals surface area contributed by atoms with Crippen LogP contribution in [0.15, 0.2) is 0 Å². The topological polar surface area (TPSA) is 36.3 Å². The molecule has 0 amide bonds. The van der Waals surface area contributed by atoms with Gasteiger partial charge in [-0.15, -0.1) is 0 Å². The normalized spacial score (nSPS) is 18.4. The molecule has 0 aromatic carbocycles. The Morgan fingerprint density at radius 1 is 1.46 bits per heavy atom. The van der Waals surface area contributed by atoms with E-state index in [-0.39, 0.29) is 6.10 Å². The molecule has 0 heterocycles. The standard InChI is InChI=1S/C10H20N2O/c1-4-12(5-2)10(11)9(13-3)8-6-7-8/h8-9,11H,4-7H2,1-3H3. The van der Waals surface area contributed by atoms with Crippen LogP contribution in [0.25, 0.3) is 0 Å². The van der Waals surface area contributed by atoms with Gasteiger partial charge in [0.15, 0.2) is 0 Å². The summed E-state index contributed by atoms with van der Waals surface area (Å²) in [5.74, 6) is 1.27. The van der Waals surface area contributed by atoms with E-state index in [1.54, 1.807) is 7.11 Å². The summed E-state index contributed by atoms with van der Waals surface area (Å²) in [4.78, 5) is 2.06. The second-order valence-electron chi connectivity index (χ2n) is 3.55. The van der Waals surface area contributed by atoms with Crippen molar-refractivity contribution in [2.75, 3.05) is 20.2 Å². The Bertz CT molecular complexity index is 174. The van der Waals surface area contributed by atoms with Gasteiger partial charge in [0.2, 0.25) is 0 Å². The average Bonchev–Trinajstić information content (AvgIpc) is 2.92. The smallest absolute Gasteiger partial charge is 0.126 e. The fourth-order valence-electron chi connectivity index (χ4n) is 1.67. The Balaban J connectivity index is 2.50. The zero-order valence-electron chi connectivity index (χ0n) is 8.84. The predicted molar refractivity (Wildman–Crippen MR) is 54.2 cm³/mol. The molecule has 13 heavy (non-hydrogen) atoms. The molecule has 3 heteroatoms. The predicted octanol–water partition coefficient (Wildman–Crippen LogP) is 1.73. The lowest BCUT2D eigenvalue weighted by atomic mass is 10.2. The van der Waals surface area contributed by atoms with E-state index < -0.39 is 0 Å². The molecule has 1 unspecified atom stereocenters. The van der Waals surface area contributed by atoms with Crippen LogP contribution in [0.5, 0.6) is 0 Å². The highest BCUT2D eigenvalue weighted by Crippen LogP contribution is 2.34. The van der Waals surface area contributed by atoms with E-state index in [1.165, 1.54) is 12.8 Å². The molecule has 0 aromatic heterocycles. The maximum Gasteiger partial charge on any atom is 0.126 e. The lowest BCUT2D eigenvalue weighted by Gasteiger charge is -2.27. The summed E-state index contributed by atoms with van der Waals surface area (Å²) in [5.41, 5.74) is 0. The number of methoxy groups -OCH3 is 1. The Labute approximate surface area is 80.6 Å². The molecule has 1 aliphatic rings. The number of likely N-dealkylation sites (N-methyl/N-ethyl adjacent to an activating group) is 1. The second-order valence-corrected chi connectivity index (χ2v) is 3.55. The molecule has 1 aliphatic carbocycles. The summed E-state index contributed by atoms with van der Waals surface area (Å²) in [7, 11) is 1.71. The molecule has 1 atom stereocenters. The van der Waals surface area contributed by atoms with Crippen LogP contribution in [0.1, 0.15) is 26.7 Å². The van der Waals surface area contributed by atoms with Crippen LogP contribution in [-0.4, -0.2) is 37.0 Å². The quantitative estimate of drug-likeness (QED) is 0.522. The van der Waals surface area contributed by atoms with Crippen molar-refractivity contribution in [1.29, 1.82) is 5.41 Å². The lowest BCUT2D eigenvalue weighted by molar-refractivity contribution is 0.125. The SMILES string of the molecule is CCN(CC)C(=N)C(OC)C1CC1. The van der Waals surface area contributed by atoms with Gasteiger partial charge in [-0.25, -0.2) is 0 Å². The summed E-state index contributed by atoms with van der Waals surface area (Å²) in [6.07, 6.45) is 2.49. The third kappa shape index (κ3) is 2.44. The van der Waals surface area contributed by atoms with Crippen molar-refractivity contribution in [2.24, 2.45) is 5.92 Å². The highest BCUT2D eigenvalue weighted by molar-refractivity contribution is 5.84. The average molecular weight is 184 g/mol. The van der Waals surface area contributed by atoms with Gasteiger partial charge >= 0.3 is 0 Å². The fraction of sp³-hybridized carbons (Fsp3) is 0.900. The molecule has 1 saturated carbocycles. The van der Waals surface area contributed by atoms with Crippen molar-refractivity contribution >= 4 is 5.84 Å². The van der Waals surface area contributed by atoms with Crippen molar-refractivity contribution < 1.29 is 4.74 Å². The van der Waals surface area contributed by atoms with Gasteiger partial charge in [-0.3, -0.25) is 5.41 Å². The molecule has 3 nitrogen and oxygen atoms in total. The number of ether oxygens (including phenoxy) is 1. The van der Waals surface area contributed by atoms with Crippen LogP contribution in [0.4, 0.5) is 0 Å². The highest BCUT2D eigenvalue weighted by atomic mass is 16.5. The Kier molecular flexibility index (Phi) is 3.72.